The van der Waals surface area contributed by atoms with E-state index in [1.807, 2.05) is 13.8 Å². The Hall–Kier alpha value is -2.00. The third kappa shape index (κ3) is 7.78. The Morgan fingerprint density at radius 3 is 2.09 bits per heavy atom. The number of rotatable bonds is 9. The van der Waals surface area contributed by atoms with Crippen LogP contribution in [0.4, 0.5) is 5.69 Å². The number of anilines is 1. The molecule has 33 heavy (non-hydrogen) atoms. The van der Waals surface area contributed by atoms with Crippen LogP contribution in [0.3, 0.4) is 0 Å². The largest absolute Gasteiger partial charge is 0.352 e. The number of nitrogens with one attached hydrogen (secondary N) is 1. The molecule has 2 amide bonds. The average Bonchev–Trinajstić information content (AvgIpc) is 2.71. The van der Waals surface area contributed by atoms with Crippen LogP contribution in [-0.2, 0) is 26.2 Å². The van der Waals surface area contributed by atoms with Crippen molar-refractivity contribution in [2.24, 2.45) is 0 Å². The van der Waals surface area contributed by atoms with Crippen LogP contribution in [-0.4, -0.2) is 50.0 Å². The summed E-state index contributed by atoms with van der Waals surface area (Å²) >= 11 is 18.2. The minimum Gasteiger partial charge on any atom is -0.352 e. The van der Waals surface area contributed by atoms with E-state index < -0.39 is 28.5 Å². The van der Waals surface area contributed by atoms with Gasteiger partial charge in [0, 0.05) is 22.6 Å². The molecule has 0 saturated carbocycles. The number of nitrogens with zero attached hydrogens (tertiary/aromatic N) is 2. The van der Waals surface area contributed by atoms with Gasteiger partial charge in [0.25, 0.3) is 0 Å². The Morgan fingerprint density at radius 2 is 1.55 bits per heavy atom. The zero-order valence-electron chi connectivity index (χ0n) is 18.7. The number of halogens is 3. The number of sulfonamides is 1. The first-order chi connectivity index (χ1) is 15.3. The lowest BCUT2D eigenvalue weighted by Crippen LogP contribution is -2.52. The SMILES string of the molecule is CC(C)NC(=O)[C@@H](C)N(Cc1ccc(Cl)cc1)C(=O)CN(c1cc(Cl)ccc1Cl)S(C)(=O)=O. The highest BCUT2D eigenvalue weighted by Gasteiger charge is 2.31. The van der Waals surface area contributed by atoms with Gasteiger partial charge in [0.05, 0.1) is 17.0 Å². The van der Waals surface area contributed by atoms with Crippen LogP contribution >= 0.6 is 34.8 Å². The summed E-state index contributed by atoms with van der Waals surface area (Å²) in [4.78, 5) is 27.4. The maximum absolute atomic E-state index is 13.4. The summed E-state index contributed by atoms with van der Waals surface area (Å²) < 4.78 is 26.0. The van der Waals surface area contributed by atoms with Gasteiger partial charge in [-0.1, -0.05) is 46.9 Å². The fourth-order valence-corrected chi connectivity index (χ4v) is 4.46. The quantitative estimate of drug-likeness (QED) is 0.518. The van der Waals surface area contributed by atoms with Crippen molar-refractivity contribution in [1.82, 2.24) is 10.2 Å². The van der Waals surface area contributed by atoms with Crippen molar-refractivity contribution in [2.45, 2.75) is 39.4 Å². The van der Waals surface area contributed by atoms with E-state index in [1.54, 1.807) is 31.2 Å². The highest BCUT2D eigenvalue weighted by Crippen LogP contribution is 2.31. The molecule has 0 aromatic heterocycles. The molecule has 7 nitrogen and oxygen atoms in total. The lowest BCUT2D eigenvalue weighted by atomic mass is 10.1. The Bertz CT molecular complexity index is 1110. The molecule has 180 valence electrons. The second-order valence-corrected chi connectivity index (χ2v) is 11.0. The lowest BCUT2D eigenvalue weighted by molar-refractivity contribution is -0.139. The van der Waals surface area contributed by atoms with Gasteiger partial charge in [-0.3, -0.25) is 13.9 Å². The fraction of sp³-hybridized carbons (Fsp3) is 0.364. The van der Waals surface area contributed by atoms with E-state index in [0.29, 0.717) is 5.02 Å². The molecule has 0 aliphatic rings. The summed E-state index contributed by atoms with van der Waals surface area (Å²) in [6.45, 7) is 4.71. The van der Waals surface area contributed by atoms with E-state index in [2.05, 4.69) is 5.32 Å². The number of carbonyl (C=O) groups is 2. The number of carbonyl (C=O) groups excluding carboxylic acids is 2. The molecule has 2 aromatic rings. The second kappa shape index (κ2) is 11.4. The molecule has 0 spiro atoms. The first kappa shape index (κ1) is 27.2. The van der Waals surface area contributed by atoms with Crippen molar-refractivity contribution in [3.05, 3.63) is 63.1 Å². The highest BCUT2D eigenvalue weighted by molar-refractivity contribution is 7.92. The van der Waals surface area contributed by atoms with Gasteiger partial charge in [0.15, 0.2) is 0 Å². The monoisotopic (exact) mass is 533 g/mol. The van der Waals surface area contributed by atoms with Gasteiger partial charge in [-0.2, -0.15) is 0 Å². The predicted molar refractivity (Wildman–Crippen MR) is 133 cm³/mol. The van der Waals surface area contributed by atoms with Crippen LogP contribution in [0.25, 0.3) is 0 Å². The fourth-order valence-electron chi connectivity index (χ4n) is 3.05. The smallest absolute Gasteiger partial charge is 0.244 e. The van der Waals surface area contributed by atoms with Crippen molar-refractivity contribution in [3.8, 4) is 0 Å². The zero-order chi connectivity index (χ0) is 24.9. The van der Waals surface area contributed by atoms with Crippen molar-refractivity contribution in [3.63, 3.8) is 0 Å². The summed E-state index contributed by atoms with van der Waals surface area (Å²) in [5.41, 5.74) is 0.800. The van der Waals surface area contributed by atoms with Gasteiger partial charge in [-0.25, -0.2) is 8.42 Å². The second-order valence-electron chi connectivity index (χ2n) is 7.85. The number of amides is 2. The molecular weight excluding hydrogens is 509 g/mol. The van der Waals surface area contributed by atoms with Crippen molar-refractivity contribution >= 4 is 62.3 Å². The molecule has 0 saturated heterocycles. The standard InChI is InChI=1S/C22H26Cl3N3O4S/c1-14(2)26-22(30)15(3)27(12-16-5-7-17(23)8-6-16)21(29)13-28(33(4,31)32)20-11-18(24)9-10-19(20)25/h5-11,14-15H,12-13H2,1-4H3,(H,26,30)/t15-/m1/s1. The minimum atomic E-state index is -3.90. The predicted octanol–water partition coefficient (Wildman–Crippen LogP) is 4.35. The molecule has 0 radical (unpaired) electrons. The number of hydrogen-bond donors (Lipinski definition) is 1. The van der Waals surface area contributed by atoms with Gasteiger partial charge in [-0.05, 0) is 56.7 Å². The number of hydrogen-bond acceptors (Lipinski definition) is 4. The average molecular weight is 535 g/mol. The molecule has 0 bridgehead atoms. The topological polar surface area (TPSA) is 86.8 Å². The molecule has 0 heterocycles. The van der Waals surface area contributed by atoms with Crippen LogP contribution in [0.1, 0.15) is 26.3 Å². The van der Waals surface area contributed by atoms with Crippen LogP contribution in [0.5, 0.6) is 0 Å². The van der Waals surface area contributed by atoms with E-state index in [1.165, 1.54) is 23.1 Å². The normalized spacial score (nSPS) is 12.4. The van der Waals surface area contributed by atoms with E-state index in [4.69, 9.17) is 34.8 Å². The molecule has 1 atom stereocenters. The molecule has 1 N–H and O–H groups in total. The van der Waals surface area contributed by atoms with Gasteiger partial charge < -0.3 is 10.2 Å². The van der Waals surface area contributed by atoms with Gasteiger partial charge in [-0.15, -0.1) is 0 Å². The summed E-state index contributed by atoms with van der Waals surface area (Å²) in [5, 5.41) is 3.69. The van der Waals surface area contributed by atoms with Gasteiger partial charge >= 0.3 is 0 Å². The molecule has 0 aliphatic carbocycles. The van der Waals surface area contributed by atoms with Crippen LogP contribution in [0, 0.1) is 0 Å². The Kier molecular flexibility index (Phi) is 9.43. The first-order valence-electron chi connectivity index (χ1n) is 10.1. The van der Waals surface area contributed by atoms with E-state index in [-0.39, 0.29) is 34.2 Å². The third-order valence-corrected chi connectivity index (χ3v) is 6.65. The van der Waals surface area contributed by atoms with E-state index in [0.717, 1.165) is 16.1 Å². The molecule has 2 rings (SSSR count). The summed E-state index contributed by atoms with van der Waals surface area (Å²) in [5.74, 6) is -0.947. The highest BCUT2D eigenvalue weighted by atomic mass is 35.5. The van der Waals surface area contributed by atoms with Crippen LogP contribution < -0.4 is 9.62 Å². The molecule has 11 heteroatoms. The maximum atomic E-state index is 13.4. The number of benzene rings is 2. The van der Waals surface area contributed by atoms with Gasteiger partial charge in [0.1, 0.15) is 12.6 Å². The van der Waals surface area contributed by atoms with Gasteiger partial charge in [0.2, 0.25) is 21.8 Å². The van der Waals surface area contributed by atoms with E-state index in [9.17, 15) is 18.0 Å². The van der Waals surface area contributed by atoms with Crippen molar-refractivity contribution < 1.29 is 18.0 Å². The van der Waals surface area contributed by atoms with Crippen LogP contribution in [0.15, 0.2) is 42.5 Å². The van der Waals surface area contributed by atoms with Crippen molar-refractivity contribution in [2.75, 3.05) is 17.1 Å². The molecule has 0 aliphatic heterocycles. The zero-order valence-corrected chi connectivity index (χ0v) is 21.8. The first-order valence-corrected chi connectivity index (χ1v) is 13.0. The Balaban J connectivity index is 2.42. The third-order valence-electron chi connectivity index (χ3n) is 4.72. The Labute approximate surface area is 209 Å². The summed E-state index contributed by atoms with van der Waals surface area (Å²) in [6.07, 6.45) is 0.968. The van der Waals surface area contributed by atoms with E-state index >= 15 is 0 Å². The molecule has 0 unspecified atom stereocenters. The van der Waals surface area contributed by atoms with Crippen molar-refractivity contribution in [1.29, 1.82) is 0 Å². The minimum absolute atomic E-state index is 0.0730. The summed E-state index contributed by atoms with van der Waals surface area (Å²) in [6, 6.07) is 10.1. The molecule has 0 fully saturated rings. The molecular formula is C22H26Cl3N3O4S. The summed E-state index contributed by atoms with van der Waals surface area (Å²) in [7, 11) is -3.90. The molecule has 2 aromatic carbocycles. The van der Waals surface area contributed by atoms with Crippen LogP contribution in [0.2, 0.25) is 15.1 Å². The lowest BCUT2D eigenvalue weighted by Gasteiger charge is -2.32. The Morgan fingerprint density at radius 1 is 0.970 bits per heavy atom. The maximum Gasteiger partial charge on any atom is 0.244 e.